The van der Waals surface area contributed by atoms with E-state index in [0.717, 1.165) is 16.3 Å². The van der Waals surface area contributed by atoms with Crippen molar-refractivity contribution in [2.24, 2.45) is 0 Å². The number of carboxylic acid groups (broad SMARTS) is 1. The van der Waals surface area contributed by atoms with Crippen LogP contribution in [0, 0.1) is 0 Å². The molecule has 2 aromatic rings. The summed E-state index contributed by atoms with van der Waals surface area (Å²) in [5.74, 6) is -0.599. The van der Waals surface area contributed by atoms with Gasteiger partial charge in [-0.2, -0.15) is 0 Å². The van der Waals surface area contributed by atoms with Crippen molar-refractivity contribution < 1.29 is 24.2 Å². The summed E-state index contributed by atoms with van der Waals surface area (Å²) in [5.41, 5.74) is 1.21. The highest BCUT2D eigenvalue weighted by Crippen LogP contribution is 2.26. The number of benzene rings is 1. The lowest BCUT2D eigenvalue weighted by atomic mass is 10.2. The molecular weight excluding hydrogens is 344 g/mol. The van der Waals surface area contributed by atoms with Crippen LogP contribution in [0.5, 0.6) is 5.75 Å². The molecule has 8 heteroatoms. The lowest BCUT2D eigenvalue weighted by Gasteiger charge is -2.34. The zero-order valence-corrected chi connectivity index (χ0v) is 14.7. The Labute approximate surface area is 148 Å². The number of aromatic nitrogens is 1. The van der Waals surface area contributed by atoms with Gasteiger partial charge in [0.1, 0.15) is 16.5 Å². The van der Waals surface area contributed by atoms with Gasteiger partial charge in [0.15, 0.2) is 6.10 Å². The Balaban J connectivity index is 1.76. The van der Waals surface area contributed by atoms with E-state index in [9.17, 15) is 9.59 Å². The standard InChI is InChI=1S/C17H18N2O5S/c1-10-7-19(8-14(24-10)17(21)22)16(20)13-9-25-15(18-13)11-3-5-12(23-2)6-4-11/h3-6,9-10,14H,7-8H2,1-2H3,(H,21,22)/t10-,14?/m1/s1. The number of carboxylic acids is 1. The first kappa shape index (κ1) is 17.4. The van der Waals surface area contributed by atoms with Gasteiger partial charge in [-0.3, -0.25) is 4.79 Å². The van der Waals surface area contributed by atoms with Crippen LogP contribution < -0.4 is 4.74 Å². The summed E-state index contributed by atoms with van der Waals surface area (Å²) < 4.78 is 10.5. The van der Waals surface area contributed by atoms with Gasteiger partial charge >= 0.3 is 5.97 Å². The summed E-state index contributed by atoms with van der Waals surface area (Å²) in [6.45, 7) is 2.12. The fourth-order valence-corrected chi connectivity index (χ4v) is 3.45. The summed E-state index contributed by atoms with van der Waals surface area (Å²) in [6.07, 6.45) is -1.34. The summed E-state index contributed by atoms with van der Waals surface area (Å²) in [7, 11) is 1.60. The van der Waals surface area contributed by atoms with E-state index < -0.39 is 12.1 Å². The maximum Gasteiger partial charge on any atom is 0.334 e. The van der Waals surface area contributed by atoms with Crippen LogP contribution in [0.1, 0.15) is 17.4 Å². The van der Waals surface area contributed by atoms with E-state index in [4.69, 9.17) is 14.6 Å². The molecule has 7 nitrogen and oxygen atoms in total. The fourth-order valence-electron chi connectivity index (χ4n) is 2.65. The first-order chi connectivity index (χ1) is 12.0. The molecule has 1 aliphatic rings. The molecule has 1 aliphatic heterocycles. The normalized spacial score (nSPS) is 20.3. The van der Waals surface area contributed by atoms with Gasteiger partial charge in [-0.1, -0.05) is 0 Å². The van der Waals surface area contributed by atoms with Gasteiger partial charge in [0.2, 0.25) is 0 Å². The van der Waals surface area contributed by atoms with Gasteiger partial charge in [0, 0.05) is 17.5 Å². The number of carbonyl (C=O) groups is 2. The second-order valence-corrected chi connectivity index (χ2v) is 6.61. The molecule has 2 atom stereocenters. The summed E-state index contributed by atoms with van der Waals surface area (Å²) >= 11 is 1.37. The molecule has 132 valence electrons. The number of hydrogen-bond acceptors (Lipinski definition) is 6. The van der Waals surface area contributed by atoms with Crippen LogP contribution in [0.25, 0.3) is 10.6 Å². The zero-order chi connectivity index (χ0) is 18.0. The largest absolute Gasteiger partial charge is 0.497 e. The third-order valence-electron chi connectivity index (χ3n) is 3.88. The van der Waals surface area contributed by atoms with E-state index in [1.54, 1.807) is 19.4 Å². The number of morpholine rings is 1. The third kappa shape index (κ3) is 3.80. The van der Waals surface area contributed by atoms with Crippen molar-refractivity contribution in [3.8, 4) is 16.3 Å². The molecule has 1 N–H and O–H groups in total. The number of thiazole rings is 1. The van der Waals surface area contributed by atoms with Crippen LogP contribution in [0.3, 0.4) is 0 Å². The van der Waals surface area contributed by atoms with Crippen LogP contribution in [0.4, 0.5) is 0 Å². The molecule has 1 aromatic heterocycles. The van der Waals surface area contributed by atoms with E-state index in [2.05, 4.69) is 4.98 Å². The highest BCUT2D eigenvalue weighted by atomic mass is 32.1. The van der Waals surface area contributed by atoms with Crippen molar-refractivity contribution in [3.63, 3.8) is 0 Å². The van der Waals surface area contributed by atoms with Gasteiger partial charge in [0.05, 0.1) is 19.8 Å². The fraction of sp³-hybridized carbons (Fsp3) is 0.353. The maximum atomic E-state index is 12.7. The molecule has 1 fully saturated rings. The van der Waals surface area contributed by atoms with E-state index >= 15 is 0 Å². The zero-order valence-electron chi connectivity index (χ0n) is 13.8. The minimum atomic E-state index is -1.07. The van der Waals surface area contributed by atoms with Crippen LogP contribution in [-0.2, 0) is 9.53 Å². The third-order valence-corrected chi connectivity index (χ3v) is 4.77. The average Bonchev–Trinajstić information content (AvgIpc) is 3.10. The molecule has 3 rings (SSSR count). The predicted molar refractivity (Wildman–Crippen MR) is 92.0 cm³/mol. The van der Waals surface area contributed by atoms with Crippen LogP contribution in [0.2, 0.25) is 0 Å². The number of rotatable bonds is 4. The highest BCUT2D eigenvalue weighted by Gasteiger charge is 2.33. The van der Waals surface area contributed by atoms with Crippen molar-refractivity contribution in [1.29, 1.82) is 0 Å². The molecule has 2 heterocycles. The number of aliphatic carboxylic acids is 1. The Hall–Kier alpha value is -2.45. The smallest absolute Gasteiger partial charge is 0.334 e. The summed E-state index contributed by atoms with van der Waals surface area (Å²) in [5, 5.41) is 11.6. The monoisotopic (exact) mass is 362 g/mol. The molecule has 0 radical (unpaired) electrons. The quantitative estimate of drug-likeness (QED) is 0.896. The number of carbonyl (C=O) groups excluding carboxylic acids is 1. The van der Waals surface area contributed by atoms with Crippen molar-refractivity contribution in [3.05, 3.63) is 35.3 Å². The Kier molecular flexibility index (Phi) is 5.00. The van der Waals surface area contributed by atoms with E-state index in [-0.39, 0.29) is 18.6 Å². The topological polar surface area (TPSA) is 89.0 Å². The van der Waals surface area contributed by atoms with Gasteiger partial charge in [-0.25, -0.2) is 9.78 Å². The van der Waals surface area contributed by atoms with Crippen molar-refractivity contribution >= 4 is 23.2 Å². The number of hydrogen-bond donors (Lipinski definition) is 1. The molecular formula is C17H18N2O5S. The van der Waals surface area contributed by atoms with E-state index in [1.807, 2.05) is 24.3 Å². The van der Waals surface area contributed by atoms with Gasteiger partial charge in [-0.15, -0.1) is 11.3 Å². The van der Waals surface area contributed by atoms with Crippen LogP contribution in [0.15, 0.2) is 29.6 Å². The Morgan fingerprint density at radius 2 is 2.04 bits per heavy atom. The second-order valence-electron chi connectivity index (χ2n) is 5.75. The lowest BCUT2D eigenvalue weighted by Crippen LogP contribution is -2.51. The summed E-state index contributed by atoms with van der Waals surface area (Å²) in [6, 6.07) is 7.42. The molecule has 1 amide bonds. The van der Waals surface area contributed by atoms with Gasteiger partial charge < -0.3 is 19.5 Å². The lowest BCUT2D eigenvalue weighted by molar-refractivity contribution is -0.160. The van der Waals surface area contributed by atoms with Gasteiger partial charge in [-0.05, 0) is 31.2 Å². The first-order valence-electron chi connectivity index (χ1n) is 7.75. The van der Waals surface area contributed by atoms with Crippen LogP contribution >= 0.6 is 11.3 Å². The number of ether oxygens (including phenoxy) is 2. The Bertz CT molecular complexity index is 774. The number of nitrogens with zero attached hydrogens (tertiary/aromatic N) is 2. The van der Waals surface area contributed by atoms with Gasteiger partial charge in [0.25, 0.3) is 5.91 Å². The molecule has 1 unspecified atom stereocenters. The van der Waals surface area contributed by atoms with E-state index in [0.29, 0.717) is 12.2 Å². The molecule has 25 heavy (non-hydrogen) atoms. The number of amides is 1. The average molecular weight is 362 g/mol. The van der Waals surface area contributed by atoms with Crippen molar-refractivity contribution in [1.82, 2.24) is 9.88 Å². The summed E-state index contributed by atoms with van der Waals surface area (Å²) in [4.78, 5) is 29.7. The maximum absolute atomic E-state index is 12.7. The van der Waals surface area contributed by atoms with Crippen molar-refractivity contribution in [2.45, 2.75) is 19.1 Å². The number of methoxy groups -OCH3 is 1. The Morgan fingerprint density at radius 1 is 1.32 bits per heavy atom. The SMILES string of the molecule is COc1ccc(-c2nc(C(=O)N3CC(C(=O)O)O[C@H](C)C3)cs2)cc1. The van der Waals surface area contributed by atoms with Crippen LogP contribution in [-0.4, -0.2) is 59.3 Å². The predicted octanol–water partition coefficient (Wildman–Crippen LogP) is 2.13. The van der Waals surface area contributed by atoms with Crippen molar-refractivity contribution in [2.75, 3.05) is 20.2 Å². The molecule has 0 saturated carbocycles. The van der Waals surface area contributed by atoms with E-state index in [1.165, 1.54) is 16.2 Å². The minimum Gasteiger partial charge on any atom is -0.497 e. The first-order valence-corrected chi connectivity index (χ1v) is 8.63. The molecule has 0 spiro atoms. The second kappa shape index (κ2) is 7.20. The Morgan fingerprint density at radius 3 is 2.68 bits per heavy atom. The molecule has 1 aromatic carbocycles. The molecule has 0 bridgehead atoms. The minimum absolute atomic E-state index is 0.0217. The highest BCUT2D eigenvalue weighted by molar-refractivity contribution is 7.13. The molecule has 1 saturated heterocycles. The molecule has 0 aliphatic carbocycles.